The molecule has 17 heavy (non-hydrogen) atoms. The van der Waals surface area contributed by atoms with Crippen LogP contribution in [0.1, 0.15) is 47.0 Å². The normalized spacial score (nSPS) is 24.6. The summed E-state index contributed by atoms with van der Waals surface area (Å²) in [6.07, 6.45) is 1.70. The Morgan fingerprint density at radius 1 is 1.29 bits per heavy atom. The van der Waals surface area contributed by atoms with Crippen molar-refractivity contribution in [2.24, 2.45) is 5.73 Å². The Kier molecular flexibility index (Phi) is 4.17. The molecular weight excluding hydrogens is 218 g/mol. The highest BCUT2D eigenvalue weighted by atomic mass is 16.5. The van der Waals surface area contributed by atoms with Gasteiger partial charge in [0, 0.05) is 30.1 Å². The molecule has 0 bridgehead atoms. The van der Waals surface area contributed by atoms with Crippen LogP contribution in [0.25, 0.3) is 0 Å². The van der Waals surface area contributed by atoms with E-state index in [1.807, 2.05) is 27.7 Å². The van der Waals surface area contributed by atoms with Crippen molar-refractivity contribution >= 4 is 5.91 Å². The molecule has 1 aliphatic heterocycles. The highest BCUT2D eigenvalue weighted by molar-refractivity contribution is 5.76. The Morgan fingerprint density at radius 2 is 1.76 bits per heavy atom. The molecule has 1 fully saturated rings. The van der Waals surface area contributed by atoms with Gasteiger partial charge < -0.3 is 11.1 Å². The van der Waals surface area contributed by atoms with Gasteiger partial charge in [0.25, 0.3) is 0 Å². The van der Waals surface area contributed by atoms with Gasteiger partial charge in [0.2, 0.25) is 5.91 Å². The number of hydroxylamine groups is 2. The van der Waals surface area contributed by atoms with E-state index >= 15 is 0 Å². The van der Waals surface area contributed by atoms with Crippen LogP contribution in [0.4, 0.5) is 0 Å². The van der Waals surface area contributed by atoms with Crippen LogP contribution in [0.5, 0.6) is 0 Å². The zero-order valence-electron chi connectivity index (χ0n) is 11.2. The van der Waals surface area contributed by atoms with Crippen LogP contribution in [0, 0.1) is 0 Å². The number of nitrogens with zero attached hydrogens (tertiary/aromatic N) is 1. The number of nitrogens with one attached hydrogen (secondary N) is 1. The summed E-state index contributed by atoms with van der Waals surface area (Å²) in [4.78, 5) is 11.5. The van der Waals surface area contributed by atoms with Gasteiger partial charge in [0.1, 0.15) is 0 Å². The van der Waals surface area contributed by atoms with E-state index in [4.69, 9.17) is 5.73 Å². The quantitative estimate of drug-likeness (QED) is 0.769. The molecule has 0 aromatic heterocycles. The molecule has 0 aromatic carbocycles. The van der Waals surface area contributed by atoms with E-state index in [2.05, 4.69) is 5.32 Å². The molecule has 0 aromatic rings. The van der Waals surface area contributed by atoms with Gasteiger partial charge in [0.05, 0.1) is 0 Å². The minimum Gasteiger partial charge on any atom is -0.353 e. The van der Waals surface area contributed by atoms with E-state index in [9.17, 15) is 10.0 Å². The van der Waals surface area contributed by atoms with Crippen LogP contribution in [0.2, 0.25) is 0 Å². The monoisotopic (exact) mass is 242 g/mol. The minimum absolute atomic E-state index is 0.0246. The maximum Gasteiger partial charge on any atom is 0.221 e. The van der Waals surface area contributed by atoms with Crippen molar-refractivity contribution in [2.75, 3.05) is 6.54 Å². The summed E-state index contributed by atoms with van der Waals surface area (Å²) in [7, 11) is 0. The lowest BCUT2D eigenvalue weighted by Crippen LogP contribution is -2.62. The molecule has 0 spiro atoms. The molecule has 0 unspecified atom stereocenters. The fourth-order valence-electron chi connectivity index (χ4n) is 2.80. The van der Waals surface area contributed by atoms with E-state index < -0.39 is 11.1 Å². The maximum absolute atomic E-state index is 12.1. The van der Waals surface area contributed by atoms with Gasteiger partial charge in [-0.2, -0.15) is 0 Å². The summed E-state index contributed by atoms with van der Waals surface area (Å²) in [5.74, 6) is -0.0246. The Hall–Kier alpha value is -0.650. The summed E-state index contributed by atoms with van der Waals surface area (Å²) in [6, 6.07) is 0.0595. The van der Waals surface area contributed by atoms with Gasteiger partial charge in [-0.15, -0.1) is 10.3 Å². The third-order valence-corrected chi connectivity index (χ3v) is 3.33. The summed E-state index contributed by atoms with van der Waals surface area (Å²) < 4.78 is 0. The SMILES string of the molecule is CC1(C)CC(NC(=O)CCN)CC(C)(C)N1[O]. The second-order valence-corrected chi connectivity index (χ2v) is 6.13. The summed E-state index contributed by atoms with van der Waals surface area (Å²) in [6.45, 7) is 8.04. The number of nitrogens with two attached hydrogens (primary N) is 1. The number of carbonyl (C=O) groups is 1. The summed E-state index contributed by atoms with van der Waals surface area (Å²) in [5.41, 5.74) is 4.46. The van der Waals surface area contributed by atoms with Crippen molar-refractivity contribution in [2.45, 2.75) is 64.1 Å². The molecule has 99 valence electrons. The zero-order chi connectivity index (χ0) is 13.3. The first-order chi connectivity index (χ1) is 7.69. The van der Waals surface area contributed by atoms with Crippen LogP contribution >= 0.6 is 0 Å². The number of hydrogen-bond donors (Lipinski definition) is 2. The Morgan fingerprint density at radius 3 is 2.18 bits per heavy atom. The van der Waals surface area contributed by atoms with Crippen molar-refractivity contribution in [1.82, 2.24) is 10.4 Å². The molecule has 5 heteroatoms. The molecule has 1 radical (unpaired) electrons. The van der Waals surface area contributed by atoms with E-state index in [-0.39, 0.29) is 11.9 Å². The van der Waals surface area contributed by atoms with Gasteiger partial charge in [-0.05, 0) is 40.5 Å². The molecule has 1 heterocycles. The van der Waals surface area contributed by atoms with E-state index in [1.165, 1.54) is 0 Å². The Bertz CT molecular complexity index is 271. The van der Waals surface area contributed by atoms with Gasteiger partial charge in [-0.1, -0.05) is 0 Å². The highest BCUT2D eigenvalue weighted by Gasteiger charge is 2.46. The molecular formula is C12H24N3O2. The van der Waals surface area contributed by atoms with Crippen LogP contribution in [-0.4, -0.2) is 34.6 Å². The standard InChI is InChI=1S/C12H24N3O2/c1-11(2)7-9(14-10(16)5-6-13)8-12(3,4)15(11)17/h9H,5-8,13H2,1-4H3,(H,14,16). The number of hydrogen-bond acceptors (Lipinski definition) is 3. The fraction of sp³-hybridized carbons (Fsp3) is 0.917. The summed E-state index contributed by atoms with van der Waals surface area (Å²) in [5, 5.41) is 16.2. The van der Waals surface area contributed by atoms with Gasteiger partial charge in [-0.25, -0.2) is 0 Å². The predicted molar refractivity (Wildman–Crippen MR) is 65.5 cm³/mol. The average Bonchev–Trinajstić information content (AvgIpc) is 2.13. The fourth-order valence-corrected chi connectivity index (χ4v) is 2.80. The first kappa shape index (κ1) is 14.4. The van der Waals surface area contributed by atoms with Crippen LogP contribution < -0.4 is 11.1 Å². The molecule has 3 N–H and O–H groups in total. The van der Waals surface area contributed by atoms with E-state index in [1.54, 1.807) is 0 Å². The van der Waals surface area contributed by atoms with Crippen LogP contribution in [0.15, 0.2) is 0 Å². The van der Waals surface area contributed by atoms with Crippen molar-refractivity contribution in [3.8, 4) is 0 Å². The largest absolute Gasteiger partial charge is 0.353 e. The lowest BCUT2D eigenvalue weighted by Gasteiger charge is -2.50. The number of piperidine rings is 1. The molecule has 1 amide bonds. The van der Waals surface area contributed by atoms with E-state index in [0.717, 1.165) is 5.06 Å². The molecule has 1 aliphatic rings. The van der Waals surface area contributed by atoms with Crippen molar-refractivity contribution < 1.29 is 10.0 Å². The van der Waals surface area contributed by atoms with Crippen LogP contribution in [-0.2, 0) is 10.0 Å². The maximum atomic E-state index is 12.1. The smallest absolute Gasteiger partial charge is 0.221 e. The first-order valence-electron chi connectivity index (χ1n) is 6.16. The molecule has 0 saturated carbocycles. The lowest BCUT2D eigenvalue weighted by atomic mass is 9.79. The topological polar surface area (TPSA) is 78.3 Å². The Balaban J connectivity index is 2.68. The second kappa shape index (κ2) is 4.92. The number of carbonyl (C=O) groups excluding carboxylic acids is 1. The number of rotatable bonds is 3. The first-order valence-corrected chi connectivity index (χ1v) is 6.16. The van der Waals surface area contributed by atoms with Crippen molar-refractivity contribution in [3.63, 3.8) is 0 Å². The van der Waals surface area contributed by atoms with Crippen LogP contribution in [0.3, 0.4) is 0 Å². The van der Waals surface area contributed by atoms with E-state index in [0.29, 0.717) is 25.8 Å². The van der Waals surface area contributed by atoms with Crippen molar-refractivity contribution in [1.29, 1.82) is 0 Å². The summed E-state index contributed by atoms with van der Waals surface area (Å²) >= 11 is 0. The number of amides is 1. The molecule has 1 saturated heterocycles. The second-order valence-electron chi connectivity index (χ2n) is 6.13. The third kappa shape index (κ3) is 3.40. The molecule has 0 aliphatic carbocycles. The van der Waals surface area contributed by atoms with Crippen molar-refractivity contribution in [3.05, 3.63) is 0 Å². The Labute approximate surface area is 103 Å². The lowest BCUT2D eigenvalue weighted by molar-refractivity contribution is -0.290. The molecule has 1 rings (SSSR count). The van der Waals surface area contributed by atoms with Gasteiger partial charge in [0.15, 0.2) is 0 Å². The molecule has 5 nitrogen and oxygen atoms in total. The molecule has 0 atom stereocenters. The minimum atomic E-state index is -0.442. The highest BCUT2D eigenvalue weighted by Crippen LogP contribution is 2.36. The average molecular weight is 242 g/mol. The predicted octanol–water partition coefficient (Wildman–Crippen LogP) is 0.819. The third-order valence-electron chi connectivity index (χ3n) is 3.33. The zero-order valence-corrected chi connectivity index (χ0v) is 11.2. The van der Waals surface area contributed by atoms with Gasteiger partial charge in [-0.3, -0.25) is 4.79 Å². The van der Waals surface area contributed by atoms with Gasteiger partial charge >= 0.3 is 0 Å².